The standard InChI is InChI=1S/C24H29ClN2O3/c1-29-21-7-6-17(14-22(21)30-2)16-9-12-27(13-10-16)23(28)15-18-8-11-26-24-19(18)4-3-5-20(24)25/h3-7,14,16,18,26H,8-13,15H2,1-2H3. The lowest BCUT2D eigenvalue weighted by Crippen LogP contribution is -2.38. The lowest BCUT2D eigenvalue weighted by Gasteiger charge is -2.34. The van der Waals surface area contributed by atoms with Crippen LogP contribution in [0.3, 0.4) is 0 Å². The van der Waals surface area contributed by atoms with Crippen LogP contribution in [0.1, 0.15) is 48.6 Å². The molecule has 1 saturated heterocycles. The molecule has 0 bridgehead atoms. The van der Waals surface area contributed by atoms with Crippen LogP contribution < -0.4 is 14.8 Å². The van der Waals surface area contributed by atoms with Crippen molar-refractivity contribution < 1.29 is 14.3 Å². The number of fused-ring (bicyclic) bond motifs is 1. The number of rotatable bonds is 5. The number of amides is 1. The molecule has 2 aromatic rings. The van der Waals surface area contributed by atoms with E-state index in [0.29, 0.717) is 12.3 Å². The number of piperidine rings is 1. The Morgan fingerprint density at radius 2 is 1.87 bits per heavy atom. The molecule has 0 aromatic heterocycles. The van der Waals surface area contributed by atoms with Crippen LogP contribution in [-0.4, -0.2) is 44.7 Å². The molecule has 0 saturated carbocycles. The summed E-state index contributed by atoms with van der Waals surface area (Å²) in [5, 5.41) is 4.12. The molecule has 0 aliphatic carbocycles. The Kier molecular flexibility index (Phi) is 6.38. The molecular weight excluding hydrogens is 400 g/mol. The first-order valence-corrected chi connectivity index (χ1v) is 11.0. The van der Waals surface area contributed by atoms with Gasteiger partial charge in [-0.1, -0.05) is 29.8 Å². The second-order valence-electron chi connectivity index (χ2n) is 8.09. The van der Waals surface area contributed by atoms with Crippen molar-refractivity contribution in [3.8, 4) is 11.5 Å². The van der Waals surface area contributed by atoms with E-state index >= 15 is 0 Å². The van der Waals surface area contributed by atoms with E-state index in [9.17, 15) is 4.79 Å². The molecular formula is C24H29ClN2O3. The molecule has 1 unspecified atom stereocenters. The van der Waals surface area contributed by atoms with E-state index in [4.69, 9.17) is 21.1 Å². The summed E-state index contributed by atoms with van der Waals surface area (Å²) in [4.78, 5) is 15.1. The quantitative estimate of drug-likeness (QED) is 0.723. The maximum atomic E-state index is 13.0. The van der Waals surface area contributed by atoms with Gasteiger partial charge in [0, 0.05) is 26.1 Å². The third-order valence-electron chi connectivity index (χ3n) is 6.43. The number of ether oxygens (including phenoxy) is 2. The minimum absolute atomic E-state index is 0.232. The summed E-state index contributed by atoms with van der Waals surface area (Å²) < 4.78 is 10.8. The summed E-state index contributed by atoms with van der Waals surface area (Å²) in [5.74, 6) is 2.43. The van der Waals surface area contributed by atoms with Gasteiger partial charge in [0.15, 0.2) is 11.5 Å². The molecule has 2 aliphatic heterocycles. The Hall–Kier alpha value is -2.40. The highest BCUT2D eigenvalue weighted by atomic mass is 35.5. The predicted octanol–water partition coefficient (Wildman–Crippen LogP) is 5.05. The Balaban J connectivity index is 1.37. The number of benzene rings is 2. The summed E-state index contributed by atoms with van der Waals surface area (Å²) >= 11 is 6.33. The zero-order valence-corrected chi connectivity index (χ0v) is 18.4. The lowest BCUT2D eigenvalue weighted by molar-refractivity contribution is -0.132. The average molecular weight is 429 g/mol. The number of anilines is 1. The summed E-state index contributed by atoms with van der Waals surface area (Å²) in [6.45, 7) is 2.45. The molecule has 1 amide bonds. The van der Waals surface area contributed by atoms with Crippen LogP contribution in [0.5, 0.6) is 11.5 Å². The minimum Gasteiger partial charge on any atom is -0.493 e. The van der Waals surface area contributed by atoms with E-state index in [1.165, 1.54) is 11.1 Å². The Morgan fingerprint density at radius 1 is 1.10 bits per heavy atom. The van der Waals surface area contributed by atoms with E-state index in [-0.39, 0.29) is 11.8 Å². The fourth-order valence-corrected chi connectivity index (χ4v) is 4.96. The number of halogens is 1. The average Bonchev–Trinajstić information content (AvgIpc) is 2.79. The Bertz CT molecular complexity index is 909. The predicted molar refractivity (Wildman–Crippen MR) is 120 cm³/mol. The van der Waals surface area contributed by atoms with Crippen molar-refractivity contribution in [2.24, 2.45) is 0 Å². The molecule has 160 valence electrons. The van der Waals surface area contributed by atoms with Gasteiger partial charge in [0.1, 0.15) is 0 Å². The maximum absolute atomic E-state index is 13.0. The number of hydrogen-bond donors (Lipinski definition) is 1. The van der Waals surface area contributed by atoms with Crippen molar-refractivity contribution in [3.63, 3.8) is 0 Å². The zero-order valence-electron chi connectivity index (χ0n) is 17.6. The van der Waals surface area contributed by atoms with Crippen molar-refractivity contribution >= 4 is 23.2 Å². The maximum Gasteiger partial charge on any atom is 0.223 e. The number of likely N-dealkylation sites (tertiary alicyclic amines) is 1. The second-order valence-corrected chi connectivity index (χ2v) is 8.50. The molecule has 0 radical (unpaired) electrons. The fraction of sp³-hybridized carbons (Fsp3) is 0.458. The highest BCUT2D eigenvalue weighted by Crippen LogP contribution is 2.39. The molecule has 6 heteroatoms. The van der Waals surface area contributed by atoms with Gasteiger partial charge in [-0.3, -0.25) is 4.79 Å². The minimum atomic E-state index is 0.232. The van der Waals surface area contributed by atoms with Crippen LogP contribution in [-0.2, 0) is 4.79 Å². The van der Waals surface area contributed by atoms with Crippen LogP contribution in [0.15, 0.2) is 36.4 Å². The topological polar surface area (TPSA) is 50.8 Å². The van der Waals surface area contributed by atoms with Crippen LogP contribution in [0.2, 0.25) is 5.02 Å². The molecule has 2 heterocycles. The number of para-hydroxylation sites is 1. The van der Waals surface area contributed by atoms with E-state index in [0.717, 1.165) is 61.1 Å². The van der Waals surface area contributed by atoms with Gasteiger partial charge in [0.2, 0.25) is 5.91 Å². The Labute approximate surface area is 183 Å². The number of nitrogens with zero attached hydrogens (tertiary/aromatic N) is 1. The molecule has 5 nitrogen and oxygen atoms in total. The number of hydrogen-bond acceptors (Lipinski definition) is 4. The third-order valence-corrected chi connectivity index (χ3v) is 6.74. The van der Waals surface area contributed by atoms with Crippen LogP contribution >= 0.6 is 11.6 Å². The first-order chi connectivity index (χ1) is 14.6. The van der Waals surface area contributed by atoms with E-state index in [2.05, 4.69) is 23.5 Å². The van der Waals surface area contributed by atoms with Crippen molar-refractivity contribution in [2.75, 3.05) is 39.2 Å². The molecule has 0 spiro atoms. The summed E-state index contributed by atoms with van der Waals surface area (Å²) in [6, 6.07) is 12.1. The number of nitrogens with one attached hydrogen (secondary N) is 1. The molecule has 2 aromatic carbocycles. The van der Waals surface area contributed by atoms with Crippen LogP contribution in [0.25, 0.3) is 0 Å². The van der Waals surface area contributed by atoms with Crippen LogP contribution in [0.4, 0.5) is 5.69 Å². The first-order valence-electron chi connectivity index (χ1n) is 10.6. The molecule has 2 aliphatic rings. The van der Waals surface area contributed by atoms with Crippen LogP contribution in [0, 0.1) is 0 Å². The van der Waals surface area contributed by atoms with E-state index in [1.54, 1.807) is 14.2 Å². The third kappa shape index (κ3) is 4.22. The first kappa shape index (κ1) is 20.9. The lowest BCUT2D eigenvalue weighted by atomic mass is 9.86. The smallest absolute Gasteiger partial charge is 0.223 e. The summed E-state index contributed by atoms with van der Waals surface area (Å²) in [6.07, 6.45) is 3.45. The largest absolute Gasteiger partial charge is 0.493 e. The van der Waals surface area contributed by atoms with Crippen molar-refractivity contribution in [2.45, 2.75) is 37.5 Å². The highest BCUT2D eigenvalue weighted by Gasteiger charge is 2.29. The molecule has 30 heavy (non-hydrogen) atoms. The molecule has 4 rings (SSSR count). The number of carbonyl (C=O) groups excluding carboxylic acids is 1. The zero-order chi connectivity index (χ0) is 21.1. The summed E-state index contributed by atoms with van der Waals surface area (Å²) in [5.41, 5.74) is 3.42. The fourth-order valence-electron chi connectivity index (χ4n) is 4.72. The SMILES string of the molecule is COc1ccc(C2CCN(C(=O)CC3CCNc4c(Cl)cccc43)CC2)cc1OC. The van der Waals surface area contributed by atoms with Gasteiger partial charge in [0.05, 0.1) is 24.9 Å². The van der Waals surface area contributed by atoms with Gasteiger partial charge in [0.25, 0.3) is 0 Å². The normalized spacial score (nSPS) is 19.0. The van der Waals surface area contributed by atoms with Gasteiger partial charge in [-0.25, -0.2) is 0 Å². The van der Waals surface area contributed by atoms with Gasteiger partial charge in [-0.05, 0) is 60.4 Å². The van der Waals surface area contributed by atoms with E-state index in [1.807, 2.05) is 23.1 Å². The molecule has 1 fully saturated rings. The molecule has 1 N–H and O–H groups in total. The van der Waals surface area contributed by atoms with Crippen molar-refractivity contribution in [1.29, 1.82) is 0 Å². The monoisotopic (exact) mass is 428 g/mol. The number of methoxy groups -OCH3 is 2. The summed E-state index contributed by atoms with van der Waals surface area (Å²) in [7, 11) is 3.31. The van der Waals surface area contributed by atoms with Gasteiger partial charge in [-0.2, -0.15) is 0 Å². The Morgan fingerprint density at radius 3 is 2.60 bits per heavy atom. The van der Waals surface area contributed by atoms with Crippen molar-refractivity contribution in [3.05, 3.63) is 52.5 Å². The second kappa shape index (κ2) is 9.17. The van der Waals surface area contributed by atoms with Crippen molar-refractivity contribution in [1.82, 2.24) is 4.90 Å². The van der Waals surface area contributed by atoms with Gasteiger partial charge < -0.3 is 19.7 Å². The van der Waals surface area contributed by atoms with E-state index < -0.39 is 0 Å². The van der Waals surface area contributed by atoms with Gasteiger partial charge in [-0.15, -0.1) is 0 Å². The highest BCUT2D eigenvalue weighted by molar-refractivity contribution is 6.33. The molecule has 1 atom stereocenters. The van der Waals surface area contributed by atoms with Gasteiger partial charge >= 0.3 is 0 Å². The number of carbonyl (C=O) groups is 1.